The smallest absolute Gasteiger partial charge is 0.335 e. The standard InChI is InChI=1S/C24H46O7Si2/c1-14(2)32(15(3)4)29-21-19(26)18(25)20-22(28-24(27-20)12-10-9-11-13-24)23(21)30-33(31-32,16(5)6)17(7)8/h14-23,25-26H,9-13H2,1-8H3/t18-,19-,20+,21+,22+,23-/m0/s1. The molecule has 0 bridgehead atoms. The molecule has 2 N–H and O–H groups in total. The summed E-state index contributed by atoms with van der Waals surface area (Å²) in [5.74, 6) is -0.690. The van der Waals surface area contributed by atoms with Gasteiger partial charge in [0.1, 0.15) is 36.6 Å². The van der Waals surface area contributed by atoms with Crippen LogP contribution in [0.25, 0.3) is 0 Å². The molecular formula is C24H46O7Si2. The van der Waals surface area contributed by atoms with E-state index in [9.17, 15) is 10.2 Å². The minimum absolute atomic E-state index is 0.164. The Bertz CT molecular complexity index is 678. The fourth-order valence-electron chi connectivity index (χ4n) is 6.61. The molecule has 6 atom stereocenters. The Morgan fingerprint density at radius 2 is 1.03 bits per heavy atom. The van der Waals surface area contributed by atoms with E-state index in [0.717, 1.165) is 25.7 Å². The molecule has 0 aromatic heterocycles. The van der Waals surface area contributed by atoms with Crippen molar-refractivity contribution in [2.75, 3.05) is 0 Å². The van der Waals surface area contributed by atoms with Crippen LogP contribution in [0.5, 0.6) is 0 Å². The van der Waals surface area contributed by atoms with E-state index in [1.165, 1.54) is 6.42 Å². The van der Waals surface area contributed by atoms with Crippen molar-refractivity contribution in [1.29, 1.82) is 0 Å². The van der Waals surface area contributed by atoms with E-state index >= 15 is 0 Å². The van der Waals surface area contributed by atoms with Crippen LogP contribution in [-0.4, -0.2) is 69.7 Å². The van der Waals surface area contributed by atoms with Crippen molar-refractivity contribution in [3.63, 3.8) is 0 Å². The summed E-state index contributed by atoms with van der Waals surface area (Å²) < 4.78 is 34.3. The van der Waals surface area contributed by atoms with Crippen molar-refractivity contribution in [3.8, 4) is 0 Å². The molecule has 33 heavy (non-hydrogen) atoms. The zero-order valence-electron chi connectivity index (χ0n) is 21.7. The molecule has 0 unspecified atom stereocenters. The van der Waals surface area contributed by atoms with Crippen LogP contribution in [0.4, 0.5) is 0 Å². The normalized spacial score (nSPS) is 39.8. The molecule has 192 valence electrons. The van der Waals surface area contributed by atoms with Crippen molar-refractivity contribution < 1.29 is 32.7 Å². The predicted octanol–water partition coefficient (Wildman–Crippen LogP) is 4.49. The van der Waals surface area contributed by atoms with Gasteiger partial charge in [0.15, 0.2) is 5.79 Å². The fourth-order valence-corrected chi connectivity index (χ4v) is 17.9. The van der Waals surface area contributed by atoms with Gasteiger partial charge in [-0.1, -0.05) is 61.8 Å². The highest BCUT2D eigenvalue weighted by Crippen LogP contribution is 2.53. The van der Waals surface area contributed by atoms with Gasteiger partial charge in [-0.05, 0) is 35.0 Å². The molecule has 2 heterocycles. The summed E-state index contributed by atoms with van der Waals surface area (Å²) in [6, 6.07) is 0. The van der Waals surface area contributed by atoms with Crippen LogP contribution in [0, 0.1) is 0 Å². The van der Waals surface area contributed by atoms with Crippen LogP contribution in [0.2, 0.25) is 22.2 Å². The van der Waals surface area contributed by atoms with Crippen LogP contribution >= 0.6 is 0 Å². The zero-order valence-corrected chi connectivity index (χ0v) is 23.7. The topological polar surface area (TPSA) is 86.6 Å². The summed E-state index contributed by atoms with van der Waals surface area (Å²) in [5.41, 5.74) is 0.712. The number of hydrogen-bond acceptors (Lipinski definition) is 7. The van der Waals surface area contributed by atoms with Crippen LogP contribution in [0.1, 0.15) is 87.5 Å². The first-order valence-electron chi connectivity index (χ1n) is 13.2. The van der Waals surface area contributed by atoms with Gasteiger partial charge in [0.05, 0.1) is 0 Å². The molecule has 0 aromatic carbocycles. The first-order valence-corrected chi connectivity index (χ1v) is 17.1. The second-order valence-corrected chi connectivity index (χ2v) is 20.7. The van der Waals surface area contributed by atoms with E-state index in [-0.39, 0.29) is 22.2 Å². The van der Waals surface area contributed by atoms with Crippen LogP contribution < -0.4 is 0 Å². The van der Waals surface area contributed by atoms with E-state index in [1.807, 2.05) is 0 Å². The van der Waals surface area contributed by atoms with Gasteiger partial charge in [0.2, 0.25) is 0 Å². The lowest BCUT2D eigenvalue weighted by Gasteiger charge is -2.46. The lowest BCUT2D eigenvalue weighted by molar-refractivity contribution is -0.202. The Hall–Kier alpha value is 0.154. The minimum Gasteiger partial charge on any atom is -0.414 e. The second kappa shape index (κ2) is 9.23. The third-order valence-electron chi connectivity index (χ3n) is 8.49. The third-order valence-corrected chi connectivity index (χ3v) is 18.8. The first kappa shape index (κ1) is 26.2. The molecule has 2 saturated heterocycles. The van der Waals surface area contributed by atoms with Crippen molar-refractivity contribution in [2.45, 2.75) is 152 Å². The quantitative estimate of drug-likeness (QED) is 0.548. The van der Waals surface area contributed by atoms with Gasteiger partial charge in [-0.15, -0.1) is 0 Å². The lowest BCUT2D eigenvalue weighted by atomic mass is 9.85. The third kappa shape index (κ3) is 4.13. The minimum atomic E-state index is -2.85. The Balaban J connectivity index is 1.81. The van der Waals surface area contributed by atoms with Gasteiger partial charge in [-0.2, -0.15) is 0 Å². The second-order valence-electron chi connectivity index (χ2n) is 11.9. The highest BCUT2D eigenvalue weighted by atomic mass is 28.5. The van der Waals surface area contributed by atoms with Crippen molar-refractivity contribution in [1.82, 2.24) is 0 Å². The molecule has 2 aliphatic heterocycles. The molecule has 7 nitrogen and oxygen atoms in total. The monoisotopic (exact) mass is 502 g/mol. The van der Waals surface area contributed by atoms with Gasteiger partial charge in [-0.3, -0.25) is 0 Å². The maximum Gasteiger partial charge on any atom is 0.335 e. The maximum absolute atomic E-state index is 11.4. The summed E-state index contributed by atoms with van der Waals surface area (Å²) in [6.07, 6.45) is 0.336. The van der Waals surface area contributed by atoms with Crippen LogP contribution in [0.3, 0.4) is 0 Å². The zero-order chi connectivity index (χ0) is 24.3. The van der Waals surface area contributed by atoms with E-state index in [2.05, 4.69) is 55.4 Å². The largest absolute Gasteiger partial charge is 0.414 e. The Morgan fingerprint density at radius 3 is 1.52 bits per heavy atom. The van der Waals surface area contributed by atoms with E-state index in [0.29, 0.717) is 0 Å². The average Bonchev–Trinajstić information content (AvgIpc) is 3.00. The van der Waals surface area contributed by atoms with Gasteiger partial charge >= 0.3 is 17.1 Å². The van der Waals surface area contributed by atoms with Crippen LogP contribution in [-0.2, 0) is 22.4 Å². The molecule has 0 amide bonds. The Labute approximate surface area is 202 Å². The summed E-state index contributed by atoms with van der Waals surface area (Å²) in [5, 5.41) is 22.6. The van der Waals surface area contributed by atoms with Crippen LogP contribution in [0.15, 0.2) is 0 Å². The lowest BCUT2D eigenvalue weighted by Crippen LogP contribution is -2.66. The fraction of sp³-hybridized carbons (Fsp3) is 1.00. The van der Waals surface area contributed by atoms with Gasteiger partial charge in [0.25, 0.3) is 0 Å². The molecule has 4 aliphatic rings. The molecule has 2 saturated carbocycles. The molecule has 1 spiro atoms. The molecule has 4 rings (SSSR count). The molecule has 0 radical (unpaired) electrons. The Kier molecular flexibility index (Phi) is 7.33. The molecule has 9 heteroatoms. The first-order chi connectivity index (χ1) is 15.4. The Morgan fingerprint density at radius 1 is 0.606 bits per heavy atom. The van der Waals surface area contributed by atoms with Gasteiger partial charge < -0.3 is 32.7 Å². The highest BCUT2D eigenvalue weighted by molar-refractivity contribution is 6.84. The van der Waals surface area contributed by atoms with E-state index in [1.54, 1.807) is 0 Å². The number of aliphatic hydroxyl groups excluding tert-OH is 2. The number of fused-ring (bicyclic) bond motifs is 3. The summed E-state index contributed by atoms with van der Waals surface area (Å²) >= 11 is 0. The number of hydrogen-bond donors (Lipinski definition) is 2. The number of ether oxygens (including phenoxy) is 2. The molecule has 0 aromatic rings. The van der Waals surface area contributed by atoms with Gasteiger partial charge in [-0.25, -0.2) is 0 Å². The summed E-state index contributed by atoms with van der Waals surface area (Å²) in [7, 11) is -5.67. The molecule has 4 fully saturated rings. The van der Waals surface area contributed by atoms with E-state index in [4.69, 9.17) is 22.4 Å². The predicted molar refractivity (Wildman–Crippen MR) is 130 cm³/mol. The SMILES string of the molecule is CC(C)[Si]1(C(C)C)O[C@@H]2[C@@H]3OC4(CCCCC4)O[C@@H]3[C@@H](O)[C@H](O)[C@H]2O[Si](C(C)C)(C(C)C)O1. The van der Waals surface area contributed by atoms with Crippen molar-refractivity contribution in [3.05, 3.63) is 0 Å². The average molecular weight is 503 g/mol. The van der Waals surface area contributed by atoms with E-state index < -0.39 is 59.5 Å². The molecular weight excluding hydrogens is 456 g/mol. The van der Waals surface area contributed by atoms with Crippen molar-refractivity contribution in [2.24, 2.45) is 0 Å². The molecule has 2 aliphatic carbocycles. The van der Waals surface area contributed by atoms with Crippen molar-refractivity contribution >= 4 is 17.1 Å². The maximum atomic E-state index is 11.4. The number of aliphatic hydroxyl groups is 2. The highest BCUT2D eigenvalue weighted by Gasteiger charge is 2.68. The number of rotatable bonds is 4. The summed E-state index contributed by atoms with van der Waals surface area (Å²) in [6.45, 7) is 17.4. The summed E-state index contributed by atoms with van der Waals surface area (Å²) in [4.78, 5) is 0. The van der Waals surface area contributed by atoms with Gasteiger partial charge in [0, 0.05) is 12.8 Å².